The predicted octanol–water partition coefficient (Wildman–Crippen LogP) is 2.52. The number of amides is 4. The molecular formula is C19H31N3O3. The lowest BCUT2D eigenvalue weighted by Crippen LogP contribution is -2.50. The van der Waals surface area contributed by atoms with E-state index in [9.17, 15) is 14.4 Å². The number of nitrogens with zero attached hydrogens (tertiary/aromatic N) is 2. The van der Waals surface area contributed by atoms with Gasteiger partial charge in [-0.2, -0.15) is 0 Å². The summed E-state index contributed by atoms with van der Waals surface area (Å²) < 4.78 is 0. The number of hydrogen-bond donors (Lipinski definition) is 1. The zero-order chi connectivity index (χ0) is 18.2. The van der Waals surface area contributed by atoms with Gasteiger partial charge in [-0.3, -0.25) is 14.5 Å². The van der Waals surface area contributed by atoms with Gasteiger partial charge in [-0.15, -0.1) is 0 Å². The molecule has 2 saturated heterocycles. The molecule has 2 aliphatic heterocycles. The number of nitrogens with one attached hydrogen (secondary N) is 1. The molecule has 0 aromatic heterocycles. The van der Waals surface area contributed by atoms with Crippen LogP contribution in [-0.2, 0) is 9.59 Å². The van der Waals surface area contributed by atoms with Crippen LogP contribution in [0.4, 0.5) is 4.79 Å². The van der Waals surface area contributed by atoms with Gasteiger partial charge in [-0.05, 0) is 50.4 Å². The highest BCUT2D eigenvalue weighted by molar-refractivity contribution is 6.09. The van der Waals surface area contributed by atoms with Gasteiger partial charge >= 0.3 is 6.03 Å². The van der Waals surface area contributed by atoms with E-state index in [2.05, 4.69) is 26.1 Å². The minimum atomic E-state index is -0.758. The van der Waals surface area contributed by atoms with Gasteiger partial charge in [0.1, 0.15) is 12.1 Å². The van der Waals surface area contributed by atoms with E-state index in [-0.39, 0.29) is 24.4 Å². The lowest BCUT2D eigenvalue weighted by molar-refractivity contribution is -0.140. The number of urea groups is 1. The molecule has 3 rings (SSSR count). The Morgan fingerprint density at radius 3 is 2.52 bits per heavy atom. The second kappa shape index (κ2) is 6.96. The van der Waals surface area contributed by atoms with Crippen LogP contribution in [0.15, 0.2) is 0 Å². The van der Waals surface area contributed by atoms with Gasteiger partial charge in [0, 0.05) is 12.6 Å². The molecule has 6 nitrogen and oxygen atoms in total. The van der Waals surface area contributed by atoms with Crippen molar-refractivity contribution < 1.29 is 14.4 Å². The second-order valence-corrected chi connectivity index (χ2v) is 8.30. The number of rotatable bonds is 4. The molecule has 1 unspecified atom stereocenters. The first kappa shape index (κ1) is 18.2. The quantitative estimate of drug-likeness (QED) is 0.793. The van der Waals surface area contributed by atoms with Gasteiger partial charge in [0.05, 0.1) is 0 Å². The Hall–Kier alpha value is -1.59. The van der Waals surface area contributed by atoms with E-state index < -0.39 is 11.6 Å². The van der Waals surface area contributed by atoms with Crippen LogP contribution < -0.4 is 5.32 Å². The van der Waals surface area contributed by atoms with Crippen molar-refractivity contribution in [2.45, 2.75) is 77.3 Å². The van der Waals surface area contributed by atoms with E-state index in [4.69, 9.17) is 0 Å². The molecule has 1 spiro atoms. The van der Waals surface area contributed by atoms with E-state index in [0.717, 1.165) is 43.5 Å². The van der Waals surface area contributed by atoms with Crippen molar-refractivity contribution in [3.05, 3.63) is 0 Å². The molecule has 4 amide bonds. The highest BCUT2D eigenvalue weighted by Crippen LogP contribution is 2.37. The van der Waals surface area contributed by atoms with Gasteiger partial charge in [0.15, 0.2) is 0 Å². The Morgan fingerprint density at radius 1 is 1.24 bits per heavy atom. The minimum absolute atomic E-state index is 0.0982. The summed E-state index contributed by atoms with van der Waals surface area (Å²) in [5, 5.41) is 2.91. The van der Waals surface area contributed by atoms with Crippen molar-refractivity contribution in [3.8, 4) is 0 Å². The fourth-order valence-corrected chi connectivity index (χ4v) is 4.76. The van der Waals surface area contributed by atoms with Crippen molar-refractivity contribution in [2.75, 3.05) is 13.1 Å². The topological polar surface area (TPSA) is 69.7 Å². The highest BCUT2D eigenvalue weighted by atomic mass is 16.2. The summed E-state index contributed by atoms with van der Waals surface area (Å²) >= 11 is 0. The molecule has 1 N–H and O–H groups in total. The molecule has 2 heterocycles. The van der Waals surface area contributed by atoms with Gasteiger partial charge in [-0.1, -0.05) is 27.2 Å². The Balaban J connectivity index is 1.66. The molecule has 3 aliphatic rings. The maximum Gasteiger partial charge on any atom is 0.325 e. The van der Waals surface area contributed by atoms with E-state index in [1.54, 1.807) is 0 Å². The van der Waals surface area contributed by atoms with Crippen molar-refractivity contribution in [1.29, 1.82) is 0 Å². The van der Waals surface area contributed by atoms with Gasteiger partial charge in [0.25, 0.3) is 5.91 Å². The number of hydrogen-bond acceptors (Lipinski definition) is 3. The molecule has 140 valence electrons. The summed E-state index contributed by atoms with van der Waals surface area (Å²) in [6, 6.07) is -0.171. The molecule has 1 atom stereocenters. The first-order valence-corrected chi connectivity index (χ1v) is 9.81. The largest absolute Gasteiger partial charge is 0.338 e. The smallest absolute Gasteiger partial charge is 0.325 e. The first-order chi connectivity index (χ1) is 11.9. The second-order valence-electron chi connectivity index (χ2n) is 8.30. The van der Waals surface area contributed by atoms with E-state index in [1.807, 2.05) is 4.90 Å². The average molecular weight is 349 g/mol. The lowest BCUT2D eigenvalue weighted by atomic mass is 9.75. The van der Waals surface area contributed by atoms with Crippen LogP contribution >= 0.6 is 0 Å². The van der Waals surface area contributed by atoms with Crippen molar-refractivity contribution in [2.24, 2.45) is 11.8 Å². The third-order valence-corrected chi connectivity index (χ3v) is 6.46. The normalized spacial score (nSPS) is 32.8. The van der Waals surface area contributed by atoms with Crippen LogP contribution in [0.5, 0.6) is 0 Å². The Labute approximate surface area is 150 Å². The third kappa shape index (κ3) is 3.27. The van der Waals surface area contributed by atoms with Crippen molar-refractivity contribution in [3.63, 3.8) is 0 Å². The Bertz CT molecular complexity index is 552. The standard InChI is InChI=1S/C19H31N3O3/c1-4-14-7-9-19(10-8-14)17(24)22(18(25)20-19)12-16(23)21-11-5-6-15(21)13(2)3/h13-15H,4-12H2,1-3H3,(H,20,25). The number of imide groups is 1. The molecule has 1 aliphatic carbocycles. The molecule has 3 fully saturated rings. The summed E-state index contributed by atoms with van der Waals surface area (Å²) in [5.74, 6) is 0.743. The minimum Gasteiger partial charge on any atom is -0.338 e. The number of likely N-dealkylation sites (tertiary alicyclic amines) is 1. The van der Waals surface area contributed by atoms with Crippen LogP contribution in [0.1, 0.15) is 65.7 Å². The lowest BCUT2D eigenvalue weighted by Gasteiger charge is -2.34. The molecule has 0 aromatic carbocycles. The Kier molecular flexibility index (Phi) is 5.07. The highest BCUT2D eigenvalue weighted by Gasteiger charge is 2.53. The molecule has 0 aromatic rings. The summed E-state index contributed by atoms with van der Waals surface area (Å²) in [6.45, 7) is 7.02. The first-order valence-electron chi connectivity index (χ1n) is 9.81. The summed E-state index contributed by atoms with van der Waals surface area (Å²) in [7, 11) is 0. The fourth-order valence-electron chi connectivity index (χ4n) is 4.76. The van der Waals surface area contributed by atoms with Gasteiger partial charge in [0.2, 0.25) is 5.91 Å². The molecule has 0 radical (unpaired) electrons. The SMILES string of the molecule is CCC1CCC2(CC1)NC(=O)N(CC(=O)N1CCCC1C(C)C)C2=O. The van der Waals surface area contributed by atoms with Crippen LogP contribution in [0.3, 0.4) is 0 Å². The summed E-state index contributed by atoms with van der Waals surface area (Å²) in [4.78, 5) is 41.1. The van der Waals surface area contributed by atoms with Crippen LogP contribution in [0, 0.1) is 11.8 Å². The van der Waals surface area contributed by atoms with E-state index in [0.29, 0.717) is 24.7 Å². The number of carbonyl (C=O) groups is 3. The maximum atomic E-state index is 12.9. The molecule has 1 saturated carbocycles. The van der Waals surface area contributed by atoms with Crippen LogP contribution in [0.25, 0.3) is 0 Å². The maximum absolute atomic E-state index is 12.9. The summed E-state index contributed by atoms with van der Waals surface area (Å²) in [5.41, 5.74) is -0.758. The monoisotopic (exact) mass is 349 g/mol. The van der Waals surface area contributed by atoms with Crippen LogP contribution in [0.2, 0.25) is 0 Å². The summed E-state index contributed by atoms with van der Waals surface area (Å²) in [6.07, 6.45) is 6.44. The van der Waals surface area contributed by atoms with E-state index >= 15 is 0 Å². The molecular weight excluding hydrogens is 318 g/mol. The zero-order valence-corrected chi connectivity index (χ0v) is 15.7. The van der Waals surface area contributed by atoms with Gasteiger partial charge < -0.3 is 10.2 Å². The van der Waals surface area contributed by atoms with E-state index in [1.165, 1.54) is 0 Å². The predicted molar refractivity (Wildman–Crippen MR) is 94.8 cm³/mol. The van der Waals surface area contributed by atoms with Crippen molar-refractivity contribution in [1.82, 2.24) is 15.1 Å². The average Bonchev–Trinajstić information content (AvgIpc) is 3.16. The number of carbonyl (C=O) groups excluding carboxylic acids is 3. The third-order valence-electron chi connectivity index (χ3n) is 6.46. The van der Waals surface area contributed by atoms with Crippen molar-refractivity contribution >= 4 is 17.8 Å². The molecule has 25 heavy (non-hydrogen) atoms. The Morgan fingerprint density at radius 2 is 1.92 bits per heavy atom. The molecule has 6 heteroatoms. The molecule has 0 bridgehead atoms. The van der Waals surface area contributed by atoms with Gasteiger partial charge in [-0.25, -0.2) is 4.79 Å². The zero-order valence-electron chi connectivity index (χ0n) is 15.7. The van der Waals surface area contributed by atoms with Crippen LogP contribution in [-0.4, -0.2) is 52.3 Å². The fraction of sp³-hybridized carbons (Fsp3) is 0.842.